The Balaban J connectivity index is 2.15. The Bertz CT molecular complexity index is 1550. The molecule has 0 saturated carbocycles. The third-order valence-corrected chi connectivity index (χ3v) is 8.28. The number of non-ortho nitro benzene ring substituents is 1. The van der Waals surface area contributed by atoms with Crippen LogP contribution in [0.4, 0.5) is 11.4 Å². The average Bonchev–Trinajstić information content (AvgIpc) is 2.90. The molecule has 0 bridgehead atoms. The van der Waals surface area contributed by atoms with Crippen molar-refractivity contribution in [2.24, 2.45) is 0 Å². The molecule has 10 nitrogen and oxygen atoms in total. The molecular weight excluding hydrogens is 603 g/mol. The third-order valence-electron chi connectivity index (χ3n) is 6.44. The molecule has 0 heterocycles. The standard InChI is InChI=1S/C29H32Cl2N4O6S/c1-19(2)32-29(37)27(15-21-9-6-5-7-10-21)33(17-23-24(30)11-8-12-25(23)31)28(36)18-34(42(4,40)41)26-16-22(35(38)39)14-13-20(26)3/h5-14,16,19,27H,15,17-18H2,1-4H3,(H,32,37)/t27-/m0/s1. The van der Waals surface area contributed by atoms with E-state index >= 15 is 0 Å². The lowest BCUT2D eigenvalue weighted by Gasteiger charge is -2.34. The second kappa shape index (κ2) is 14.0. The molecule has 224 valence electrons. The molecular formula is C29H32Cl2N4O6S. The number of nitrogens with zero attached hydrogens (tertiary/aromatic N) is 3. The first kappa shape index (κ1) is 32.8. The fourth-order valence-electron chi connectivity index (χ4n) is 4.36. The van der Waals surface area contributed by atoms with Crippen molar-refractivity contribution in [1.82, 2.24) is 10.2 Å². The number of anilines is 1. The largest absolute Gasteiger partial charge is 0.352 e. The van der Waals surface area contributed by atoms with E-state index in [-0.39, 0.29) is 40.4 Å². The lowest BCUT2D eigenvalue weighted by Crippen LogP contribution is -2.54. The van der Waals surface area contributed by atoms with Crippen molar-refractivity contribution in [2.45, 2.75) is 45.8 Å². The van der Waals surface area contributed by atoms with Crippen LogP contribution in [0.25, 0.3) is 0 Å². The number of aryl methyl sites for hydroxylation is 1. The van der Waals surface area contributed by atoms with Crippen LogP contribution in [0.3, 0.4) is 0 Å². The second-order valence-corrected chi connectivity index (χ2v) is 12.8. The summed E-state index contributed by atoms with van der Waals surface area (Å²) in [5.41, 5.74) is 1.18. The highest BCUT2D eigenvalue weighted by Gasteiger charge is 2.34. The number of carbonyl (C=O) groups excluding carboxylic acids is 2. The van der Waals surface area contributed by atoms with E-state index in [1.165, 1.54) is 17.0 Å². The first-order chi connectivity index (χ1) is 19.7. The molecule has 0 aliphatic rings. The van der Waals surface area contributed by atoms with E-state index < -0.39 is 39.3 Å². The maximum absolute atomic E-state index is 14.2. The van der Waals surface area contributed by atoms with Crippen LogP contribution in [0.5, 0.6) is 0 Å². The fraction of sp³-hybridized carbons (Fsp3) is 0.310. The number of halogens is 2. The summed E-state index contributed by atoms with van der Waals surface area (Å²) in [5.74, 6) is -1.19. The monoisotopic (exact) mass is 634 g/mol. The first-order valence-corrected chi connectivity index (χ1v) is 15.6. The van der Waals surface area contributed by atoms with Crippen LogP contribution in [0.15, 0.2) is 66.7 Å². The van der Waals surface area contributed by atoms with E-state index in [1.54, 1.807) is 51.1 Å². The summed E-state index contributed by atoms with van der Waals surface area (Å²) >= 11 is 12.9. The quantitative estimate of drug-likeness (QED) is 0.217. The van der Waals surface area contributed by atoms with Crippen molar-refractivity contribution < 1.29 is 22.9 Å². The number of nitro benzene ring substituents is 1. The Morgan fingerprint density at radius 2 is 1.62 bits per heavy atom. The molecule has 42 heavy (non-hydrogen) atoms. The summed E-state index contributed by atoms with van der Waals surface area (Å²) < 4.78 is 26.8. The number of hydrogen-bond acceptors (Lipinski definition) is 6. The third kappa shape index (κ3) is 8.43. The Morgan fingerprint density at radius 1 is 1.00 bits per heavy atom. The van der Waals surface area contributed by atoms with Crippen LogP contribution < -0.4 is 9.62 Å². The van der Waals surface area contributed by atoms with E-state index in [2.05, 4.69) is 5.32 Å². The second-order valence-electron chi connectivity index (χ2n) is 10.1. The van der Waals surface area contributed by atoms with Crippen LogP contribution in [0.1, 0.15) is 30.5 Å². The highest BCUT2D eigenvalue weighted by molar-refractivity contribution is 7.92. The number of nitrogens with one attached hydrogen (secondary N) is 1. The average molecular weight is 636 g/mol. The van der Waals surface area contributed by atoms with Crippen molar-refractivity contribution in [1.29, 1.82) is 0 Å². The minimum Gasteiger partial charge on any atom is -0.352 e. The van der Waals surface area contributed by atoms with Gasteiger partial charge < -0.3 is 10.2 Å². The maximum atomic E-state index is 14.2. The molecule has 3 aromatic rings. The lowest BCUT2D eigenvalue weighted by molar-refractivity contribution is -0.384. The van der Waals surface area contributed by atoms with Crippen molar-refractivity contribution in [3.05, 3.63) is 104 Å². The number of nitro groups is 1. The molecule has 0 aliphatic carbocycles. The molecule has 1 N–H and O–H groups in total. The number of amides is 2. The molecule has 0 aliphatic heterocycles. The molecule has 0 saturated heterocycles. The molecule has 0 aromatic heterocycles. The van der Waals surface area contributed by atoms with Gasteiger partial charge >= 0.3 is 0 Å². The minimum absolute atomic E-state index is 0.0259. The SMILES string of the molecule is Cc1ccc([N+](=O)[O-])cc1N(CC(=O)N(Cc1c(Cl)cccc1Cl)[C@@H](Cc1ccccc1)C(=O)NC(C)C)S(C)(=O)=O. The first-order valence-electron chi connectivity index (χ1n) is 13.0. The van der Waals surface area contributed by atoms with E-state index in [0.717, 1.165) is 22.2 Å². The van der Waals surface area contributed by atoms with E-state index in [9.17, 15) is 28.1 Å². The summed E-state index contributed by atoms with van der Waals surface area (Å²) in [4.78, 5) is 39.8. The molecule has 13 heteroatoms. The van der Waals surface area contributed by atoms with Gasteiger partial charge in [-0.2, -0.15) is 0 Å². The molecule has 0 fully saturated rings. The van der Waals surface area contributed by atoms with Gasteiger partial charge in [0.15, 0.2) is 0 Å². The minimum atomic E-state index is -4.11. The van der Waals surface area contributed by atoms with E-state index in [1.807, 2.05) is 18.2 Å². The Morgan fingerprint density at radius 3 is 2.17 bits per heavy atom. The normalized spacial score (nSPS) is 12.1. The zero-order chi connectivity index (χ0) is 31.2. The van der Waals surface area contributed by atoms with Crippen molar-refractivity contribution in [3.63, 3.8) is 0 Å². The van der Waals surface area contributed by atoms with Crippen molar-refractivity contribution >= 4 is 56.4 Å². The number of carbonyl (C=O) groups is 2. The Labute approximate surface area is 255 Å². The summed E-state index contributed by atoms with van der Waals surface area (Å²) in [7, 11) is -4.11. The zero-order valence-electron chi connectivity index (χ0n) is 23.6. The predicted octanol–water partition coefficient (Wildman–Crippen LogP) is 5.14. The molecule has 0 spiro atoms. The molecule has 3 aromatic carbocycles. The Hall–Kier alpha value is -3.67. The molecule has 3 rings (SSSR count). The van der Waals surface area contributed by atoms with Gasteiger partial charge in [-0.05, 0) is 44.0 Å². The summed E-state index contributed by atoms with van der Waals surface area (Å²) in [6.07, 6.45) is 1.02. The molecule has 0 unspecified atom stereocenters. The zero-order valence-corrected chi connectivity index (χ0v) is 25.9. The summed E-state index contributed by atoms with van der Waals surface area (Å²) in [6, 6.07) is 16.3. The van der Waals surface area contributed by atoms with Crippen LogP contribution >= 0.6 is 23.2 Å². The number of rotatable bonds is 12. The van der Waals surface area contributed by atoms with Gasteiger partial charge in [-0.3, -0.25) is 24.0 Å². The summed E-state index contributed by atoms with van der Waals surface area (Å²) in [5, 5.41) is 14.8. The van der Waals surface area contributed by atoms with Gasteiger partial charge in [-0.1, -0.05) is 65.7 Å². The lowest BCUT2D eigenvalue weighted by atomic mass is 10.0. The van der Waals surface area contributed by atoms with E-state index in [4.69, 9.17) is 23.2 Å². The van der Waals surface area contributed by atoms with Gasteiger partial charge in [0.05, 0.1) is 16.9 Å². The smallest absolute Gasteiger partial charge is 0.271 e. The van der Waals surface area contributed by atoms with Gasteiger partial charge in [0.1, 0.15) is 12.6 Å². The highest BCUT2D eigenvalue weighted by atomic mass is 35.5. The van der Waals surface area contributed by atoms with Gasteiger partial charge in [0.2, 0.25) is 21.8 Å². The Kier molecular flexibility index (Phi) is 10.9. The van der Waals surface area contributed by atoms with Gasteiger partial charge in [-0.15, -0.1) is 0 Å². The van der Waals surface area contributed by atoms with Crippen molar-refractivity contribution in [3.8, 4) is 0 Å². The predicted molar refractivity (Wildman–Crippen MR) is 164 cm³/mol. The molecule has 0 radical (unpaired) electrons. The number of benzene rings is 3. The van der Waals surface area contributed by atoms with Gasteiger partial charge in [-0.25, -0.2) is 8.42 Å². The summed E-state index contributed by atoms with van der Waals surface area (Å²) in [6.45, 7) is 4.21. The van der Waals surface area contributed by atoms with Crippen LogP contribution in [0.2, 0.25) is 10.0 Å². The van der Waals surface area contributed by atoms with Crippen LogP contribution in [0, 0.1) is 17.0 Å². The molecule has 1 atom stereocenters. The van der Waals surface area contributed by atoms with Crippen molar-refractivity contribution in [2.75, 3.05) is 17.1 Å². The van der Waals surface area contributed by atoms with Gasteiger partial charge in [0, 0.05) is 46.7 Å². The van der Waals surface area contributed by atoms with Crippen LogP contribution in [-0.4, -0.2) is 54.9 Å². The van der Waals surface area contributed by atoms with E-state index in [0.29, 0.717) is 11.1 Å². The fourth-order valence-corrected chi connectivity index (χ4v) is 5.78. The molecule has 2 amide bonds. The maximum Gasteiger partial charge on any atom is 0.271 e. The topological polar surface area (TPSA) is 130 Å². The highest BCUT2D eigenvalue weighted by Crippen LogP contribution is 2.30. The van der Waals surface area contributed by atoms with Crippen LogP contribution in [-0.2, 0) is 32.6 Å². The number of sulfonamides is 1. The van der Waals surface area contributed by atoms with Gasteiger partial charge in [0.25, 0.3) is 5.69 Å². The number of hydrogen-bond donors (Lipinski definition) is 1.